The SMILES string of the molecule is O=C(Nc1ccc(OC[C@H]2CCCN2)c(F)c1)C1=C(O)CCn2c1nc1ccccc12. The van der Waals surface area contributed by atoms with Crippen molar-refractivity contribution in [2.75, 3.05) is 18.5 Å². The van der Waals surface area contributed by atoms with Crippen LogP contribution in [0.25, 0.3) is 16.6 Å². The average Bonchev–Trinajstić information content (AvgIpc) is 3.40. The first-order chi connectivity index (χ1) is 15.1. The Hall–Kier alpha value is -3.39. The molecule has 2 aliphatic heterocycles. The molecule has 3 heterocycles. The van der Waals surface area contributed by atoms with Crippen LogP contribution < -0.4 is 15.4 Å². The minimum Gasteiger partial charge on any atom is -0.511 e. The van der Waals surface area contributed by atoms with Crippen LogP contribution in [-0.2, 0) is 11.3 Å². The minimum absolute atomic E-state index is 0.0233. The van der Waals surface area contributed by atoms with Crippen LogP contribution in [-0.4, -0.2) is 39.8 Å². The smallest absolute Gasteiger partial charge is 0.262 e. The molecule has 1 saturated heterocycles. The highest BCUT2D eigenvalue weighted by Crippen LogP contribution is 2.31. The third-order valence-corrected chi connectivity index (χ3v) is 5.76. The van der Waals surface area contributed by atoms with E-state index in [1.807, 2.05) is 28.8 Å². The molecule has 3 aromatic rings. The van der Waals surface area contributed by atoms with Crippen LogP contribution in [0.3, 0.4) is 0 Å². The number of rotatable bonds is 5. The van der Waals surface area contributed by atoms with Crippen molar-refractivity contribution in [1.29, 1.82) is 0 Å². The number of fused-ring (bicyclic) bond motifs is 3. The van der Waals surface area contributed by atoms with Crippen molar-refractivity contribution in [2.24, 2.45) is 0 Å². The van der Waals surface area contributed by atoms with Crippen LogP contribution in [0.15, 0.2) is 48.2 Å². The van der Waals surface area contributed by atoms with Crippen LogP contribution in [0.5, 0.6) is 5.75 Å². The first-order valence-electron chi connectivity index (χ1n) is 10.4. The third kappa shape index (κ3) is 3.74. The Kier molecular flexibility index (Phi) is 5.07. The van der Waals surface area contributed by atoms with Gasteiger partial charge in [-0.1, -0.05) is 12.1 Å². The van der Waals surface area contributed by atoms with Crippen molar-refractivity contribution in [3.63, 3.8) is 0 Å². The number of carbonyl (C=O) groups excluding carboxylic acids is 1. The number of imidazole rings is 1. The summed E-state index contributed by atoms with van der Waals surface area (Å²) in [6, 6.07) is 12.1. The summed E-state index contributed by atoms with van der Waals surface area (Å²) in [7, 11) is 0. The molecule has 3 N–H and O–H groups in total. The molecule has 0 radical (unpaired) electrons. The molecule has 160 valence electrons. The molecule has 31 heavy (non-hydrogen) atoms. The van der Waals surface area contributed by atoms with Crippen LogP contribution in [0.2, 0.25) is 0 Å². The Morgan fingerprint density at radius 3 is 3.00 bits per heavy atom. The van der Waals surface area contributed by atoms with Crippen LogP contribution in [0.1, 0.15) is 25.1 Å². The summed E-state index contributed by atoms with van der Waals surface area (Å²) in [5.74, 6) is -0.549. The molecule has 1 fully saturated rings. The second kappa shape index (κ2) is 8.03. The van der Waals surface area contributed by atoms with Crippen LogP contribution in [0, 0.1) is 5.82 Å². The highest BCUT2D eigenvalue weighted by Gasteiger charge is 2.28. The van der Waals surface area contributed by atoms with E-state index in [0.29, 0.717) is 25.4 Å². The Balaban J connectivity index is 1.34. The number of nitrogens with one attached hydrogen (secondary N) is 2. The molecule has 0 unspecified atom stereocenters. The van der Waals surface area contributed by atoms with E-state index in [4.69, 9.17) is 4.74 Å². The molecular formula is C23H23FN4O3. The minimum atomic E-state index is -0.551. The number of allylic oxidation sites excluding steroid dienone is 1. The first kappa shape index (κ1) is 19.6. The molecule has 2 aromatic carbocycles. The molecule has 2 aliphatic rings. The van der Waals surface area contributed by atoms with Crippen LogP contribution >= 0.6 is 0 Å². The van der Waals surface area contributed by atoms with E-state index in [1.54, 1.807) is 6.07 Å². The number of benzene rings is 2. The number of carbonyl (C=O) groups is 1. The highest BCUT2D eigenvalue weighted by atomic mass is 19.1. The fourth-order valence-electron chi connectivity index (χ4n) is 4.18. The van der Waals surface area contributed by atoms with Gasteiger partial charge in [-0.25, -0.2) is 9.37 Å². The maximum atomic E-state index is 14.5. The van der Waals surface area contributed by atoms with E-state index in [-0.39, 0.29) is 28.8 Å². The van der Waals surface area contributed by atoms with Crippen molar-refractivity contribution < 1.29 is 19.0 Å². The maximum Gasteiger partial charge on any atom is 0.262 e. The molecule has 0 aliphatic carbocycles. The van der Waals surface area contributed by atoms with Gasteiger partial charge in [0.2, 0.25) is 0 Å². The second-order valence-electron chi connectivity index (χ2n) is 7.85. The summed E-state index contributed by atoms with van der Waals surface area (Å²) in [4.78, 5) is 17.5. The molecule has 0 saturated carbocycles. The number of hydrogen-bond donors (Lipinski definition) is 3. The standard InChI is InChI=1S/C23H23FN4O3/c24-16-12-14(7-8-20(16)31-13-15-4-3-10-25-15)26-23(30)21-19(29)9-11-28-18-6-2-1-5-17(18)27-22(21)28/h1-2,5-8,12,15,25,29H,3-4,9-11,13H2,(H,26,30)/t15-/m1/s1. The Morgan fingerprint density at radius 2 is 2.19 bits per heavy atom. The zero-order valence-electron chi connectivity index (χ0n) is 16.9. The predicted octanol–water partition coefficient (Wildman–Crippen LogP) is 3.62. The quantitative estimate of drug-likeness (QED) is 0.585. The Morgan fingerprint density at radius 1 is 1.32 bits per heavy atom. The van der Waals surface area contributed by atoms with Crippen molar-refractivity contribution in [3.05, 3.63) is 59.9 Å². The first-order valence-corrected chi connectivity index (χ1v) is 10.4. The Bertz CT molecular complexity index is 1180. The van der Waals surface area contributed by atoms with E-state index in [9.17, 15) is 14.3 Å². The number of aliphatic hydroxyl groups excluding tert-OH is 1. The van der Waals surface area contributed by atoms with Crippen molar-refractivity contribution >= 4 is 28.2 Å². The zero-order chi connectivity index (χ0) is 21.4. The van der Waals surface area contributed by atoms with Gasteiger partial charge in [0.25, 0.3) is 5.91 Å². The van der Waals surface area contributed by atoms with Gasteiger partial charge in [-0.2, -0.15) is 0 Å². The van der Waals surface area contributed by atoms with Crippen molar-refractivity contribution in [1.82, 2.24) is 14.9 Å². The van der Waals surface area contributed by atoms with Gasteiger partial charge in [-0.05, 0) is 43.7 Å². The predicted molar refractivity (Wildman–Crippen MR) is 115 cm³/mol. The second-order valence-corrected chi connectivity index (χ2v) is 7.85. The van der Waals surface area contributed by atoms with E-state index in [1.165, 1.54) is 12.1 Å². The lowest BCUT2D eigenvalue weighted by molar-refractivity contribution is -0.111. The summed E-state index contributed by atoms with van der Waals surface area (Å²) in [6.07, 6.45) is 2.43. The molecular weight excluding hydrogens is 399 g/mol. The summed E-state index contributed by atoms with van der Waals surface area (Å²) in [5, 5.41) is 16.4. The third-order valence-electron chi connectivity index (χ3n) is 5.76. The van der Waals surface area contributed by atoms with Crippen molar-refractivity contribution in [2.45, 2.75) is 31.8 Å². The number of nitrogens with zero attached hydrogens (tertiary/aromatic N) is 2. The number of para-hydroxylation sites is 2. The van der Waals surface area contributed by atoms with Gasteiger partial charge in [-0.15, -0.1) is 0 Å². The molecule has 8 heteroatoms. The summed E-state index contributed by atoms with van der Waals surface area (Å²) in [5.41, 5.74) is 2.04. The average molecular weight is 422 g/mol. The number of amides is 1. The van der Waals surface area contributed by atoms with Crippen LogP contribution in [0.4, 0.5) is 10.1 Å². The largest absolute Gasteiger partial charge is 0.511 e. The highest BCUT2D eigenvalue weighted by molar-refractivity contribution is 6.25. The molecule has 7 nitrogen and oxygen atoms in total. The normalized spacial score (nSPS) is 18.3. The number of aryl methyl sites for hydroxylation is 1. The molecule has 0 bridgehead atoms. The topological polar surface area (TPSA) is 88.4 Å². The lowest BCUT2D eigenvalue weighted by atomic mass is 10.1. The molecule has 1 atom stereocenters. The monoisotopic (exact) mass is 422 g/mol. The summed E-state index contributed by atoms with van der Waals surface area (Å²) in [6.45, 7) is 1.90. The van der Waals surface area contributed by atoms with E-state index < -0.39 is 11.7 Å². The van der Waals surface area contributed by atoms with Gasteiger partial charge in [0.1, 0.15) is 23.8 Å². The fraction of sp³-hybridized carbons (Fsp3) is 0.304. The number of aromatic nitrogens is 2. The van der Waals surface area contributed by atoms with Gasteiger partial charge in [0, 0.05) is 30.8 Å². The van der Waals surface area contributed by atoms with Gasteiger partial charge >= 0.3 is 0 Å². The van der Waals surface area contributed by atoms with Gasteiger partial charge in [-0.3, -0.25) is 4.79 Å². The number of halogens is 1. The van der Waals surface area contributed by atoms with Gasteiger partial charge < -0.3 is 25.0 Å². The molecule has 1 aromatic heterocycles. The maximum absolute atomic E-state index is 14.5. The molecule has 5 rings (SSSR count). The molecule has 0 spiro atoms. The zero-order valence-corrected chi connectivity index (χ0v) is 16.9. The fourth-order valence-corrected chi connectivity index (χ4v) is 4.18. The number of ether oxygens (including phenoxy) is 1. The molecule has 1 amide bonds. The summed E-state index contributed by atoms with van der Waals surface area (Å²) < 4.78 is 22.0. The van der Waals surface area contributed by atoms with Gasteiger partial charge in [0.15, 0.2) is 11.6 Å². The van der Waals surface area contributed by atoms with E-state index >= 15 is 0 Å². The number of anilines is 1. The number of aliphatic hydroxyl groups is 1. The van der Waals surface area contributed by atoms with Gasteiger partial charge in [0.05, 0.1) is 11.0 Å². The lowest BCUT2D eigenvalue weighted by Gasteiger charge is -2.19. The number of hydrogen-bond acceptors (Lipinski definition) is 5. The van der Waals surface area contributed by atoms with E-state index in [2.05, 4.69) is 15.6 Å². The van der Waals surface area contributed by atoms with E-state index in [0.717, 1.165) is 30.4 Å². The summed E-state index contributed by atoms with van der Waals surface area (Å²) >= 11 is 0. The Labute approximate surface area is 178 Å². The van der Waals surface area contributed by atoms with Crippen molar-refractivity contribution in [3.8, 4) is 5.75 Å². The lowest BCUT2D eigenvalue weighted by Crippen LogP contribution is -2.28.